The molecule has 1 amide bonds. The second-order valence-corrected chi connectivity index (χ2v) is 4.74. The maximum absolute atomic E-state index is 12.5. The third-order valence-electron chi connectivity index (χ3n) is 3.19. The first kappa shape index (κ1) is 16.0. The first-order chi connectivity index (χ1) is 10.7. The summed E-state index contributed by atoms with van der Waals surface area (Å²) in [6.45, 7) is 0.306. The zero-order valence-electron chi connectivity index (χ0n) is 12.5. The van der Waals surface area contributed by atoms with Crippen molar-refractivity contribution in [3.8, 4) is 5.75 Å². The maximum Gasteiger partial charge on any atom is 0.246 e. The van der Waals surface area contributed by atoms with E-state index in [0.717, 1.165) is 5.56 Å². The topological polar surface area (TPSA) is 70.6 Å². The number of carbonyl (C=O) groups excluding carboxylic acids is 1. The van der Waals surface area contributed by atoms with Crippen LogP contribution in [0.1, 0.15) is 11.6 Å². The molecule has 0 radical (unpaired) electrons. The predicted molar refractivity (Wildman–Crippen MR) is 85.9 cm³/mol. The van der Waals surface area contributed by atoms with Crippen molar-refractivity contribution >= 4 is 11.6 Å². The first-order valence-corrected chi connectivity index (χ1v) is 7.08. The zero-order valence-corrected chi connectivity index (χ0v) is 12.5. The lowest BCUT2D eigenvalue weighted by atomic mass is 10.1. The molecule has 1 atom stereocenters. The van der Waals surface area contributed by atoms with Crippen LogP contribution < -0.4 is 15.4 Å². The van der Waals surface area contributed by atoms with Crippen molar-refractivity contribution in [1.29, 1.82) is 0 Å². The summed E-state index contributed by atoms with van der Waals surface area (Å²) in [5.41, 5.74) is 1.51. The standard InChI is InChI=1S/C17H20N2O3/c1-22-15-9-5-8-14(12-15)19-17(21)16(18-10-11-20)13-6-3-2-4-7-13/h2-9,12,16,18,20H,10-11H2,1H3,(H,19,21)/t16-/m0/s1. The number of amides is 1. The van der Waals surface area contributed by atoms with E-state index in [2.05, 4.69) is 10.6 Å². The van der Waals surface area contributed by atoms with Gasteiger partial charge in [0.1, 0.15) is 11.8 Å². The van der Waals surface area contributed by atoms with Crippen molar-refractivity contribution in [1.82, 2.24) is 5.32 Å². The quantitative estimate of drug-likeness (QED) is 0.731. The highest BCUT2D eigenvalue weighted by Crippen LogP contribution is 2.19. The van der Waals surface area contributed by atoms with Crippen molar-refractivity contribution < 1.29 is 14.6 Å². The van der Waals surface area contributed by atoms with E-state index in [1.165, 1.54) is 0 Å². The molecule has 0 heterocycles. The van der Waals surface area contributed by atoms with Gasteiger partial charge in [-0.1, -0.05) is 36.4 Å². The highest BCUT2D eigenvalue weighted by Gasteiger charge is 2.19. The van der Waals surface area contributed by atoms with Gasteiger partial charge >= 0.3 is 0 Å². The van der Waals surface area contributed by atoms with E-state index < -0.39 is 6.04 Å². The number of hydrogen-bond donors (Lipinski definition) is 3. The Balaban J connectivity index is 2.14. The molecule has 0 aliphatic heterocycles. The lowest BCUT2D eigenvalue weighted by Crippen LogP contribution is -2.34. The second kappa shape index (κ2) is 8.17. The number of aliphatic hydroxyl groups is 1. The smallest absolute Gasteiger partial charge is 0.246 e. The average Bonchev–Trinajstić information content (AvgIpc) is 2.56. The second-order valence-electron chi connectivity index (χ2n) is 4.74. The van der Waals surface area contributed by atoms with Crippen LogP contribution in [0.15, 0.2) is 54.6 Å². The van der Waals surface area contributed by atoms with Gasteiger partial charge in [-0.3, -0.25) is 10.1 Å². The van der Waals surface area contributed by atoms with Crippen LogP contribution in [0.5, 0.6) is 5.75 Å². The molecule has 2 aromatic carbocycles. The third kappa shape index (κ3) is 4.31. The van der Waals surface area contributed by atoms with Gasteiger partial charge in [0.2, 0.25) is 5.91 Å². The van der Waals surface area contributed by atoms with E-state index >= 15 is 0 Å². The van der Waals surface area contributed by atoms with Crippen molar-refractivity contribution in [2.24, 2.45) is 0 Å². The molecule has 0 spiro atoms. The molecule has 2 rings (SSSR count). The van der Waals surface area contributed by atoms with Gasteiger partial charge in [0.25, 0.3) is 0 Å². The van der Waals surface area contributed by atoms with Crippen LogP contribution in [-0.2, 0) is 4.79 Å². The first-order valence-electron chi connectivity index (χ1n) is 7.08. The molecule has 0 fully saturated rings. The Morgan fingerprint density at radius 1 is 1.18 bits per heavy atom. The summed E-state index contributed by atoms with van der Waals surface area (Å²) in [6.07, 6.45) is 0. The number of benzene rings is 2. The molecule has 0 saturated heterocycles. The van der Waals surface area contributed by atoms with E-state index in [1.807, 2.05) is 42.5 Å². The van der Waals surface area contributed by atoms with Crippen LogP contribution in [0.4, 0.5) is 5.69 Å². The largest absolute Gasteiger partial charge is 0.497 e. The summed E-state index contributed by atoms with van der Waals surface area (Å²) in [5.74, 6) is 0.491. The lowest BCUT2D eigenvalue weighted by molar-refractivity contribution is -0.118. The SMILES string of the molecule is COc1cccc(NC(=O)[C@@H](NCCO)c2ccccc2)c1. The van der Waals surface area contributed by atoms with Gasteiger partial charge in [0.05, 0.1) is 13.7 Å². The van der Waals surface area contributed by atoms with Gasteiger partial charge in [0, 0.05) is 18.3 Å². The fraction of sp³-hybridized carbons (Fsp3) is 0.235. The average molecular weight is 300 g/mol. The molecule has 5 heteroatoms. The molecular formula is C17H20N2O3. The summed E-state index contributed by atoms with van der Waals surface area (Å²) in [5, 5.41) is 14.9. The fourth-order valence-corrected chi connectivity index (χ4v) is 2.13. The Kier molecular flexibility index (Phi) is 5.94. The fourth-order valence-electron chi connectivity index (χ4n) is 2.13. The molecule has 116 valence electrons. The summed E-state index contributed by atoms with van der Waals surface area (Å²) in [7, 11) is 1.58. The van der Waals surface area contributed by atoms with Crippen molar-refractivity contribution in [2.45, 2.75) is 6.04 Å². The molecule has 0 saturated carbocycles. The van der Waals surface area contributed by atoms with Crippen molar-refractivity contribution in [2.75, 3.05) is 25.6 Å². The van der Waals surface area contributed by atoms with Crippen molar-refractivity contribution in [3.05, 3.63) is 60.2 Å². The third-order valence-corrected chi connectivity index (χ3v) is 3.19. The number of methoxy groups -OCH3 is 1. The Morgan fingerprint density at radius 2 is 1.95 bits per heavy atom. The minimum Gasteiger partial charge on any atom is -0.497 e. The van der Waals surface area contributed by atoms with Gasteiger partial charge in [-0.15, -0.1) is 0 Å². The predicted octanol–water partition coefficient (Wildman–Crippen LogP) is 1.96. The van der Waals surface area contributed by atoms with E-state index in [-0.39, 0.29) is 12.5 Å². The lowest BCUT2D eigenvalue weighted by Gasteiger charge is -2.18. The van der Waals surface area contributed by atoms with Crippen molar-refractivity contribution in [3.63, 3.8) is 0 Å². The summed E-state index contributed by atoms with van der Waals surface area (Å²) in [4.78, 5) is 12.5. The molecule has 0 aromatic heterocycles. The maximum atomic E-state index is 12.5. The Labute approximate surface area is 129 Å². The van der Waals surface area contributed by atoms with Crippen LogP contribution in [0.3, 0.4) is 0 Å². The minimum atomic E-state index is -0.528. The number of anilines is 1. The van der Waals surface area contributed by atoms with E-state index in [0.29, 0.717) is 18.0 Å². The van der Waals surface area contributed by atoms with E-state index in [4.69, 9.17) is 9.84 Å². The summed E-state index contributed by atoms with van der Waals surface area (Å²) < 4.78 is 5.15. The molecule has 5 nitrogen and oxygen atoms in total. The number of carbonyl (C=O) groups is 1. The van der Waals surface area contributed by atoms with Gasteiger partial charge in [-0.05, 0) is 17.7 Å². The summed E-state index contributed by atoms with van der Waals surface area (Å²) in [6, 6.07) is 16.1. The van der Waals surface area contributed by atoms with Crippen LogP contribution in [0, 0.1) is 0 Å². The van der Waals surface area contributed by atoms with E-state index in [9.17, 15) is 4.79 Å². The van der Waals surface area contributed by atoms with Gasteiger partial charge < -0.3 is 15.2 Å². The zero-order chi connectivity index (χ0) is 15.8. The van der Waals surface area contributed by atoms with Crippen LogP contribution in [0.25, 0.3) is 0 Å². The molecular weight excluding hydrogens is 280 g/mol. The molecule has 2 aromatic rings. The highest BCUT2D eigenvalue weighted by atomic mass is 16.5. The molecule has 3 N–H and O–H groups in total. The molecule has 22 heavy (non-hydrogen) atoms. The molecule has 0 aliphatic rings. The summed E-state index contributed by atoms with van der Waals surface area (Å²) >= 11 is 0. The number of hydrogen-bond acceptors (Lipinski definition) is 4. The minimum absolute atomic E-state index is 0.0320. The van der Waals surface area contributed by atoms with Crippen LogP contribution in [0.2, 0.25) is 0 Å². The molecule has 0 bridgehead atoms. The number of aliphatic hydroxyl groups excluding tert-OH is 1. The van der Waals surface area contributed by atoms with Crippen LogP contribution in [-0.4, -0.2) is 31.3 Å². The van der Waals surface area contributed by atoms with E-state index in [1.54, 1.807) is 19.2 Å². The Hall–Kier alpha value is -2.37. The normalized spacial score (nSPS) is 11.7. The van der Waals surface area contributed by atoms with Gasteiger partial charge in [0.15, 0.2) is 0 Å². The van der Waals surface area contributed by atoms with Gasteiger partial charge in [-0.2, -0.15) is 0 Å². The Morgan fingerprint density at radius 3 is 2.64 bits per heavy atom. The number of nitrogens with one attached hydrogen (secondary N) is 2. The molecule has 0 unspecified atom stereocenters. The number of ether oxygens (including phenoxy) is 1. The Bertz CT molecular complexity index is 602. The van der Waals surface area contributed by atoms with Crippen LogP contribution >= 0.6 is 0 Å². The van der Waals surface area contributed by atoms with Gasteiger partial charge in [-0.25, -0.2) is 0 Å². The number of rotatable bonds is 7. The highest BCUT2D eigenvalue weighted by molar-refractivity contribution is 5.95. The monoisotopic (exact) mass is 300 g/mol. The molecule has 0 aliphatic carbocycles.